The molecular formula is C20H17N3O2. The van der Waals surface area contributed by atoms with Gasteiger partial charge in [-0.25, -0.2) is 0 Å². The highest BCUT2D eigenvalue weighted by Crippen LogP contribution is 2.23. The van der Waals surface area contributed by atoms with Crippen LogP contribution in [0.4, 0.5) is 5.69 Å². The standard InChI is InChI=1S/C20H17N3O2/c1-3-23-19(24)17(11-21)13(2)18(20(23)25)12-22-16-9-8-14-6-4-5-7-15(14)10-16/h4-10,12,25H,3H2,1-2H3. The van der Waals surface area contributed by atoms with Crippen molar-refractivity contribution in [1.29, 1.82) is 5.26 Å². The molecular weight excluding hydrogens is 314 g/mol. The Morgan fingerprint density at radius 1 is 1.24 bits per heavy atom. The van der Waals surface area contributed by atoms with E-state index in [9.17, 15) is 15.2 Å². The van der Waals surface area contributed by atoms with Gasteiger partial charge in [-0.05, 0) is 42.3 Å². The number of aromatic nitrogens is 1. The van der Waals surface area contributed by atoms with Crippen molar-refractivity contribution in [2.45, 2.75) is 20.4 Å². The van der Waals surface area contributed by atoms with Gasteiger partial charge >= 0.3 is 0 Å². The second kappa shape index (κ2) is 6.62. The molecule has 0 aliphatic rings. The first-order chi connectivity index (χ1) is 12.1. The van der Waals surface area contributed by atoms with E-state index in [2.05, 4.69) is 4.99 Å². The van der Waals surface area contributed by atoms with Crippen LogP contribution >= 0.6 is 0 Å². The van der Waals surface area contributed by atoms with Crippen molar-refractivity contribution in [1.82, 2.24) is 4.57 Å². The maximum Gasteiger partial charge on any atom is 0.271 e. The fourth-order valence-electron chi connectivity index (χ4n) is 2.82. The molecule has 1 heterocycles. The van der Waals surface area contributed by atoms with Crippen LogP contribution in [0.15, 0.2) is 52.3 Å². The number of fused-ring (bicyclic) bond motifs is 1. The van der Waals surface area contributed by atoms with Crippen molar-refractivity contribution in [2.24, 2.45) is 4.99 Å². The Bertz CT molecular complexity index is 1090. The lowest BCUT2D eigenvalue weighted by Gasteiger charge is -2.12. The van der Waals surface area contributed by atoms with Gasteiger partial charge in [0.2, 0.25) is 5.88 Å². The van der Waals surface area contributed by atoms with E-state index in [1.54, 1.807) is 13.8 Å². The first-order valence-electron chi connectivity index (χ1n) is 7.96. The predicted octanol–water partition coefficient (Wildman–Crippen LogP) is 3.66. The van der Waals surface area contributed by atoms with Crippen LogP contribution in [0.5, 0.6) is 5.88 Å². The minimum Gasteiger partial charge on any atom is -0.494 e. The largest absolute Gasteiger partial charge is 0.494 e. The van der Waals surface area contributed by atoms with Crippen molar-refractivity contribution >= 4 is 22.7 Å². The Balaban J connectivity index is 2.11. The van der Waals surface area contributed by atoms with Crippen LogP contribution in [0.2, 0.25) is 0 Å². The summed E-state index contributed by atoms with van der Waals surface area (Å²) in [5.74, 6) is -0.173. The minimum atomic E-state index is -0.483. The number of rotatable bonds is 3. The van der Waals surface area contributed by atoms with Gasteiger partial charge in [-0.1, -0.05) is 30.3 Å². The Hall–Kier alpha value is -3.39. The van der Waals surface area contributed by atoms with Gasteiger partial charge in [-0.3, -0.25) is 14.4 Å². The van der Waals surface area contributed by atoms with Gasteiger partial charge in [0.15, 0.2) is 0 Å². The summed E-state index contributed by atoms with van der Waals surface area (Å²) >= 11 is 0. The maximum absolute atomic E-state index is 12.2. The summed E-state index contributed by atoms with van der Waals surface area (Å²) in [4.78, 5) is 16.6. The monoisotopic (exact) mass is 331 g/mol. The number of nitriles is 1. The van der Waals surface area contributed by atoms with E-state index >= 15 is 0 Å². The first kappa shape index (κ1) is 16.5. The van der Waals surface area contributed by atoms with Gasteiger partial charge < -0.3 is 5.11 Å². The maximum atomic E-state index is 12.2. The molecule has 0 saturated carbocycles. The summed E-state index contributed by atoms with van der Waals surface area (Å²) in [5, 5.41) is 21.8. The molecule has 3 aromatic rings. The van der Waals surface area contributed by atoms with E-state index in [1.807, 2.05) is 48.5 Å². The zero-order chi connectivity index (χ0) is 18.0. The molecule has 2 aromatic carbocycles. The quantitative estimate of drug-likeness (QED) is 0.744. The lowest BCUT2D eigenvalue weighted by Crippen LogP contribution is -2.24. The molecule has 124 valence electrons. The van der Waals surface area contributed by atoms with Crippen molar-refractivity contribution < 1.29 is 5.11 Å². The molecule has 0 spiro atoms. The lowest BCUT2D eigenvalue weighted by atomic mass is 10.1. The Morgan fingerprint density at radius 2 is 1.96 bits per heavy atom. The van der Waals surface area contributed by atoms with Gasteiger partial charge in [0.25, 0.3) is 5.56 Å². The molecule has 1 N–H and O–H groups in total. The molecule has 3 rings (SSSR count). The SMILES string of the molecule is CCn1c(O)c(C=Nc2ccc3ccccc3c2)c(C)c(C#N)c1=O. The number of pyridine rings is 1. The van der Waals surface area contributed by atoms with Gasteiger partial charge in [0, 0.05) is 12.8 Å². The van der Waals surface area contributed by atoms with E-state index < -0.39 is 5.56 Å². The van der Waals surface area contributed by atoms with E-state index in [0.29, 0.717) is 11.1 Å². The van der Waals surface area contributed by atoms with Gasteiger partial charge in [0.05, 0.1) is 11.3 Å². The lowest BCUT2D eigenvalue weighted by molar-refractivity contribution is 0.409. The average Bonchev–Trinajstić information content (AvgIpc) is 2.62. The van der Waals surface area contributed by atoms with Crippen LogP contribution < -0.4 is 5.56 Å². The van der Waals surface area contributed by atoms with Gasteiger partial charge in [-0.15, -0.1) is 0 Å². The van der Waals surface area contributed by atoms with Crippen LogP contribution in [-0.2, 0) is 6.54 Å². The topological polar surface area (TPSA) is 78.4 Å². The molecule has 0 bridgehead atoms. The summed E-state index contributed by atoms with van der Waals surface area (Å²) in [6.45, 7) is 3.65. The zero-order valence-electron chi connectivity index (χ0n) is 14.0. The van der Waals surface area contributed by atoms with Crippen molar-refractivity contribution in [3.8, 4) is 11.9 Å². The van der Waals surface area contributed by atoms with E-state index in [-0.39, 0.29) is 18.0 Å². The second-order valence-corrected chi connectivity index (χ2v) is 5.69. The third-order valence-corrected chi connectivity index (χ3v) is 4.24. The number of hydrogen-bond acceptors (Lipinski definition) is 4. The second-order valence-electron chi connectivity index (χ2n) is 5.69. The number of aromatic hydroxyl groups is 1. The third-order valence-electron chi connectivity index (χ3n) is 4.24. The van der Waals surface area contributed by atoms with Crippen LogP contribution in [0.1, 0.15) is 23.6 Å². The summed E-state index contributed by atoms with van der Waals surface area (Å²) < 4.78 is 1.17. The fourth-order valence-corrected chi connectivity index (χ4v) is 2.82. The van der Waals surface area contributed by atoms with Crippen LogP contribution in [0.3, 0.4) is 0 Å². The van der Waals surface area contributed by atoms with E-state index in [0.717, 1.165) is 16.5 Å². The van der Waals surface area contributed by atoms with E-state index in [1.165, 1.54) is 10.8 Å². The normalized spacial score (nSPS) is 11.1. The van der Waals surface area contributed by atoms with E-state index in [4.69, 9.17) is 0 Å². The summed E-state index contributed by atoms with van der Waals surface area (Å²) in [7, 11) is 0. The van der Waals surface area contributed by atoms with Gasteiger partial charge in [-0.2, -0.15) is 5.26 Å². The molecule has 0 atom stereocenters. The van der Waals surface area contributed by atoms with Crippen LogP contribution in [0.25, 0.3) is 10.8 Å². The smallest absolute Gasteiger partial charge is 0.271 e. The molecule has 0 fully saturated rings. The molecule has 0 aliphatic carbocycles. The number of nitrogens with zero attached hydrogens (tertiary/aromatic N) is 3. The predicted molar refractivity (Wildman–Crippen MR) is 98.7 cm³/mol. The third kappa shape index (κ3) is 2.90. The van der Waals surface area contributed by atoms with Crippen molar-refractivity contribution in [3.05, 3.63) is 69.5 Å². The molecule has 25 heavy (non-hydrogen) atoms. The fraction of sp³-hybridized carbons (Fsp3) is 0.150. The average molecular weight is 331 g/mol. The van der Waals surface area contributed by atoms with Crippen molar-refractivity contribution in [3.63, 3.8) is 0 Å². The molecule has 5 nitrogen and oxygen atoms in total. The first-order valence-corrected chi connectivity index (χ1v) is 7.96. The molecule has 0 amide bonds. The highest BCUT2D eigenvalue weighted by atomic mass is 16.3. The zero-order valence-corrected chi connectivity index (χ0v) is 14.0. The summed E-state index contributed by atoms with van der Waals surface area (Å²) in [6.07, 6.45) is 1.50. The molecule has 0 radical (unpaired) electrons. The molecule has 5 heteroatoms. The highest BCUT2D eigenvalue weighted by molar-refractivity contribution is 5.90. The molecule has 0 aliphatic heterocycles. The number of benzene rings is 2. The van der Waals surface area contributed by atoms with Crippen molar-refractivity contribution in [2.75, 3.05) is 0 Å². The van der Waals surface area contributed by atoms with Gasteiger partial charge in [0.1, 0.15) is 11.6 Å². The van der Waals surface area contributed by atoms with Crippen LogP contribution in [0, 0.1) is 18.3 Å². The Kier molecular flexibility index (Phi) is 4.36. The minimum absolute atomic E-state index is 0.0274. The van der Waals surface area contributed by atoms with Crippen LogP contribution in [-0.4, -0.2) is 15.9 Å². The highest BCUT2D eigenvalue weighted by Gasteiger charge is 2.16. The number of hydrogen-bond donors (Lipinski definition) is 1. The molecule has 1 aromatic heterocycles. The summed E-state index contributed by atoms with van der Waals surface area (Å²) in [6, 6.07) is 15.7. The molecule has 0 saturated heterocycles. The number of aliphatic imine (C=N–C) groups is 1. The Morgan fingerprint density at radius 3 is 2.64 bits per heavy atom. The Labute approximate surface area is 145 Å². The molecule has 0 unspecified atom stereocenters. The summed E-state index contributed by atoms with van der Waals surface area (Å²) in [5.41, 5.74) is 1.08.